The summed E-state index contributed by atoms with van der Waals surface area (Å²) in [4.78, 5) is 34.8. The molecular formula is C19H24O6. The van der Waals surface area contributed by atoms with Crippen LogP contribution in [0.1, 0.15) is 46.5 Å². The van der Waals surface area contributed by atoms with Crippen LogP contribution in [0, 0.1) is 11.3 Å². The summed E-state index contributed by atoms with van der Waals surface area (Å²) in [5.74, 6) is -1.09. The number of hydrogen-bond acceptors (Lipinski definition) is 6. The van der Waals surface area contributed by atoms with E-state index in [4.69, 9.17) is 14.2 Å². The van der Waals surface area contributed by atoms with Crippen LogP contribution in [-0.4, -0.2) is 36.7 Å². The summed E-state index contributed by atoms with van der Waals surface area (Å²) >= 11 is 0. The normalized spacial score (nSPS) is 34.1. The molecule has 3 rings (SSSR count). The van der Waals surface area contributed by atoms with Crippen molar-refractivity contribution in [1.82, 2.24) is 0 Å². The molecule has 136 valence electrons. The number of rotatable bonds is 3. The van der Waals surface area contributed by atoms with Crippen LogP contribution in [0.5, 0.6) is 0 Å². The zero-order chi connectivity index (χ0) is 18.4. The first-order chi connectivity index (χ1) is 11.7. The van der Waals surface area contributed by atoms with Crippen LogP contribution in [0.25, 0.3) is 0 Å². The molecule has 2 fully saturated rings. The fraction of sp³-hybridized carbons (Fsp3) is 0.632. The Morgan fingerprint density at radius 2 is 2.00 bits per heavy atom. The Balaban J connectivity index is 2.02. The maximum Gasteiger partial charge on any atom is 0.334 e. The maximum absolute atomic E-state index is 12.0. The SMILES string of the molecule is C=C1C(=O)OC2C3=C(COC(C)=O)CCC(OC(C)=O)C3(C)CCC12. The van der Waals surface area contributed by atoms with Gasteiger partial charge in [-0.1, -0.05) is 13.5 Å². The predicted molar refractivity (Wildman–Crippen MR) is 88.3 cm³/mol. The Hall–Kier alpha value is -2.11. The van der Waals surface area contributed by atoms with Gasteiger partial charge in [0.15, 0.2) is 0 Å². The highest BCUT2D eigenvalue weighted by Crippen LogP contribution is 2.56. The third-order valence-corrected chi connectivity index (χ3v) is 5.74. The molecule has 0 amide bonds. The quantitative estimate of drug-likeness (QED) is 0.337. The Kier molecular flexibility index (Phi) is 4.47. The van der Waals surface area contributed by atoms with E-state index < -0.39 is 11.5 Å². The van der Waals surface area contributed by atoms with Crippen molar-refractivity contribution >= 4 is 17.9 Å². The van der Waals surface area contributed by atoms with Crippen LogP contribution >= 0.6 is 0 Å². The van der Waals surface area contributed by atoms with E-state index in [9.17, 15) is 14.4 Å². The van der Waals surface area contributed by atoms with E-state index in [1.54, 1.807) is 0 Å². The zero-order valence-electron chi connectivity index (χ0n) is 14.9. The van der Waals surface area contributed by atoms with Crippen molar-refractivity contribution in [2.24, 2.45) is 11.3 Å². The molecule has 6 nitrogen and oxygen atoms in total. The summed E-state index contributed by atoms with van der Waals surface area (Å²) in [5, 5.41) is 0. The van der Waals surface area contributed by atoms with E-state index in [0.717, 1.165) is 24.0 Å². The van der Waals surface area contributed by atoms with Gasteiger partial charge in [0.2, 0.25) is 0 Å². The van der Waals surface area contributed by atoms with Gasteiger partial charge in [0, 0.05) is 30.8 Å². The van der Waals surface area contributed by atoms with E-state index in [1.165, 1.54) is 13.8 Å². The van der Waals surface area contributed by atoms with Crippen molar-refractivity contribution < 1.29 is 28.6 Å². The summed E-state index contributed by atoms with van der Waals surface area (Å²) in [7, 11) is 0. The minimum absolute atomic E-state index is 0.0565. The molecule has 0 aromatic carbocycles. The molecule has 2 aliphatic carbocycles. The van der Waals surface area contributed by atoms with Gasteiger partial charge in [-0.15, -0.1) is 0 Å². The minimum Gasteiger partial charge on any atom is -0.462 e. The van der Waals surface area contributed by atoms with Crippen LogP contribution in [0.15, 0.2) is 23.3 Å². The van der Waals surface area contributed by atoms with Crippen molar-refractivity contribution in [2.45, 2.75) is 58.7 Å². The fourth-order valence-corrected chi connectivity index (χ4v) is 4.53. The molecule has 1 heterocycles. The van der Waals surface area contributed by atoms with Gasteiger partial charge in [0.25, 0.3) is 0 Å². The Labute approximate surface area is 147 Å². The first-order valence-electron chi connectivity index (χ1n) is 8.66. The van der Waals surface area contributed by atoms with E-state index in [2.05, 4.69) is 6.58 Å². The van der Waals surface area contributed by atoms with E-state index >= 15 is 0 Å². The van der Waals surface area contributed by atoms with Gasteiger partial charge in [-0.25, -0.2) is 4.79 Å². The predicted octanol–water partition coefficient (Wildman–Crippen LogP) is 2.47. The molecule has 4 unspecified atom stereocenters. The van der Waals surface area contributed by atoms with Crippen LogP contribution in [-0.2, 0) is 28.6 Å². The van der Waals surface area contributed by atoms with Gasteiger partial charge in [-0.2, -0.15) is 0 Å². The number of esters is 3. The van der Waals surface area contributed by atoms with Gasteiger partial charge in [0.1, 0.15) is 18.8 Å². The maximum atomic E-state index is 12.0. The van der Waals surface area contributed by atoms with Gasteiger partial charge < -0.3 is 14.2 Å². The molecule has 3 aliphatic rings. The van der Waals surface area contributed by atoms with E-state index in [0.29, 0.717) is 18.4 Å². The van der Waals surface area contributed by atoms with Crippen LogP contribution in [0.3, 0.4) is 0 Å². The van der Waals surface area contributed by atoms with Crippen LogP contribution in [0.4, 0.5) is 0 Å². The van der Waals surface area contributed by atoms with Crippen LogP contribution < -0.4 is 0 Å². The number of carbonyl (C=O) groups is 3. The fourth-order valence-electron chi connectivity index (χ4n) is 4.53. The molecule has 25 heavy (non-hydrogen) atoms. The second kappa shape index (κ2) is 6.32. The van der Waals surface area contributed by atoms with Gasteiger partial charge in [0.05, 0.1) is 0 Å². The molecule has 0 bridgehead atoms. The zero-order valence-corrected chi connectivity index (χ0v) is 14.9. The highest BCUT2D eigenvalue weighted by Gasteiger charge is 2.56. The van der Waals surface area contributed by atoms with Crippen molar-refractivity contribution in [3.8, 4) is 0 Å². The second-order valence-electron chi connectivity index (χ2n) is 7.35. The topological polar surface area (TPSA) is 78.9 Å². The second-order valence-corrected chi connectivity index (χ2v) is 7.35. The summed E-state index contributed by atoms with van der Waals surface area (Å²) in [6.07, 6.45) is 2.16. The van der Waals surface area contributed by atoms with E-state index in [1.807, 2.05) is 6.92 Å². The summed E-state index contributed by atoms with van der Waals surface area (Å²) in [5.41, 5.74) is 2.00. The largest absolute Gasteiger partial charge is 0.462 e. The average molecular weight is 348 g/mol. The molecule has 4 atom stereocenters. The average Bonchev–Trinajstić information content (AvgIpc) is 2.81. The molecule has 0 radical (unpaired) electrons. The smallest absolute Gasteiger partial charge is 0.334 e. The Morgan fingerprint density at radius 1 is 1.28 bits per heavy atom. The third-order valence-electron chi connectivity index (χ3n) is 5.74. The van der Waals surface area contributed by atoms with Crippen molar-refractivity contribution in [3.05, 3.63) is 23.3 Å². The van der Waals surface area contributed by atoms with E-state index in [-0.39, 0.29) is 36.5 Å². The number of hydrogen-bond donors (Lipinski definition) is 0. The lowest BCUT2D eigenvalue weighted by molar-refractivity contribution is -0.156. The molecule has 1 saturated carbocycles. The van der Waals surface area contributed by atoms with Crippen LogP contribution in [0.2, 0.25) is 0 Å². The molecule has 1 aliphatic heterocycles. The van der Waals surface area contributed by atoms with Gasteiger partial charge in [-0.05, 0) is 36.8 Å². The molecule has 0 N–H and O–H groups in total. The molecule has 6 heteroatoms. The summed E-state index contributed by atoms with van der Waals surface area (Å²) in [6.45, 7) is 8.89. The lowest BCUT2D eigenvalue weighted by Crippen LogP contribution is -2.49. The summed E-state index contributed by atoms with van der Waals surface area (Å²) in [6, 6.07) is 0. The number of carbonyl (C=O) groups excluding carboxylic acids is 3. The summed E-state index contributed by atoms with van der Waals surface area (Å²) < 4.78 is 16.4. The minimum atomic E-state index is -0.425. The first kappa shape index (κ1) is 17.7. The highest BCUT2D eigenvalue weighted by molar-refractivity contribution is 5.91. The van der Waals surface area contributed by atoms with Crippen molar-refractivity contribution in [1.29, 1.82) is 0 Å². The Bertz CT molecular complexity index is 675. The van der Waals surface area contributed by atoms with Gasteiger partial charge in [-0.3, -0.25) is 9.59 Å². The molecule has 0 aromatic heterocycles. The monoisotopic (exact) mass is 348 g/mol. The third kappa shape index (κ3) is 2.98. The number of fused-ring (bicyclic) bond motifs is 3. The van der Waals surface area contributed by atoms with Crippen molar-refractivity contribution in [2.75, 3.05) is 6.61 Å². The molecule has 0 aromatic rings. The molecule has 1 saturated heterocycles. The lowest BCUT2D eigenvalue weighted by atomic mass is 9.58. The molecule has 0 spiro atoms. The highest BCUT2D eigenvalue weighted by atomic mass is 16.6. The number of ether oxygens (including phenoxy) is 3. The molecular weight excluding hydrogens is 324 g/mol. The first-order valence-corrected chi connectivity index (χ1v) is 8.66. The van der Waals surface area contributed by atoms with Crippen molar-refractivity contribution in [3.63, 3.8) is 0 Å². The standard InChI is InChI=1S/C19H24O6/c1-10-14-7-8-19(4)15(24-12(3)21)6-5-13(9-23-11(2)20)16(19)17(14)25-18(10)22/h14-15,17H,1,5-9H2,2-4H3. The van der Waals surface area contributed by atoms with Gasteiger partial charge >= 0.3 is 17.9 Å². The lowest BCUT2D eigenvalue weighted by Gasteiger charge is -2.49. The Morgan fingerprint density at radius 3 is 2.64 bits per heavy atom.